The molecule has 0 aliphatic rings. The van der Waals surface area contributed by atoms with Crippen LogP contribution in [0.1, 0.15) is 25.5 Å². The molecule has 1 aromatic carbocycles. The first-order valence-corrected chi connectivity index (χ1v) is 5.70. The summed E-state index contributed by atoms with van der Waals surface area (Å²) in [6, 6.07) is 3.70. The molecule has 0 bridgehead atoms. The van der Waals surface area contributed by atoms with Crippen molar-refractivity contribution in [1.82, 2.24) is 5.32 Å². The lowest BCUT2D eigenvalue weighted by Gasteiger charge is -2.19. The van der Waals surface area contributed by atoms with Crippen LogP contribution in [-0.4, -0.2) is 17.6 Å². The van der Waals surface area contributed by atoms with Crippen molar-refractivity contribution in [3.63, 3.8) is 0 Å². The van der Waals surface area contributed by atoms with Crippen LogP contribution in [0.2, 0.25) is 5.02 Å². The molecule has 0 fully saturated rings. The van der Waals surface area contributed by atoms with Gasteiger partial charge in [0.25, 0.3) is 0 Å². The Labute approximate surface area is 105 Å². The van der Waals surface area contributed by atoms with Gasteiger partial charge >= 0.3 is 0 Å². The first kappa shape index (κ1) is 13.9. The van der Waals surface area contributed by atoms with Crippen LogP contribution in [0.4, 0.5) is 4.39 Å². The Bertz CT molecular complexity index is 409. The quantitative estimate of drug-likeness (QED) is 0.872. The summed E-state index contributed by atoms with van der Waals surface area (Å²) in [6.45, 7) is 3.06. The summed E-state index contributed by atoms with van der Waals surface area (Å²) in [5.74, 6) is -1.09. The smallest absolute Gasteiger partial charge is 0.223 e. The Balaban J connectivity index is 2.94. The van der Waals surface area contributed by atoms with Gasteiger partial charge in [-0.25, -0.2) is 4.39 Å². The number of amides is 1. The summed E-state index contributed by atoms with van der Waals surface area (Å²) in [6.07, 6.45) is 0. The average molecular weight is 260 g/mol. The Hall–Kier alpha value is -1.13. The fourth-order valence-corrected chi connectivity index (χ4v) is 1.53. The van der Waals surface area contributed by atoms with Crippen molar-refractivity contribution in [2.45, 2.75) is 19.9 Å². The number of benzene rings is 1. The van der Waals surface area contributed by atoms with Crippen molar-refractivity contribution in [2.75, 3.05) is 6.61 Å². The molecule has 0 spiro atoms. The number of aliphatic hydroxyl groups is 1. The summed E-state index contributed by atoms with van der Waals surface area (Å²) in [7, 11) is 0. The summed E-state index contributed by atoms with van der Waals surface area (Å²) in [5.41, 5.74) is 0.189. The molecule has 0 unspecified atom stereocenters. The number of rotatable bonds is 4. The van der Waals surface area contributed by atoms with E-state index in [4.69, 9.17) is 11.6 Å². The number of nitrogens with one attached hydrogen (secondary N) is 1. The van der Waals surface area contributed by atoms with Crippen LogP contribution < -0.4 is 5.32 Å². The fourth-order valence-electron chi connectivity index (χ4n) is 1.35. The molecule has 1 rings (SSSR count). The van der Waals surface area contributed by atoms with Crippen LogP contribution in [0.15, 0.2) is 18.2 Å². The highest BCUT2D eigenvalue weighted by Crippen LogP contribution is 2.23. The molecule has 0 aromatic heterocycles. The standard InChI is InChI=1S/C12H15ClFNO2/c1-7(2)12(17)15-10(6-16)8-4-3-5-9(13)11(8)14/h3-5,7,10,16H,6H2,1-2H3,(H,15,17)/t10-/m0/s1. The number of hydrogen-bond acceptors (Lipinski definition) is 2. The molecular formula is C12H15ClFNO2. The number of aliphatic hydroxyl groups excluding tert-OH is 1. The zero-order valence-corrected chi connectivity index (χ0v) is 10.5. The van der Waals surface area contributed by atoms with E-state index in [1.54, 1.807) is 19.9 Å². The topological polar surface area (TPSA) is 49.3 Å². The van der Waals surface area contributed by atoms with Gasteiger partial charge < -0.3 is 10.4 Å². The van der Waals surface area contributed by atoms with E-state index < -0.39 is 11.9 Å². The Morgan fingerprint density at radius 3 is 2.71 bits per heavy atom. The number of carbonyl (C=O) groups is 1. The summed E-state index contributed by atoms with van der Waals surface area (Å²) >= 11 is 5.64. The summed E-state index contributed by atoms with van der Waals surface area (Å²) < 4.78 is 13.7. The van der Waals surface area contributed by atoms with E-state index >= 15 is 0 Å². The zero-order chi connectivity index (χ0) is 13.0. The monoisotopic (exact) mass is 259 g/mol. The van der Waals surface area contributed by atoms with E-state index in [1.807, 2.05) is 0 Å². The maximum absolute atomic E-state index is 13.7. The third kappa shape index (κ3) is 3.41. The highest BCUT2D eigenvalue weighted by Gasteiger charge is 2.19. The van der Waals surface area contributed by atoms with E-state index in [2.05, 4.69) is 5.32 Å². The van der Waals surface area contributed by atoms with Crippen molar-refractivity contribution in [1.29, 1.82) is 0 Å². The molecule has 0 radical (unpaired) electrons. The lowest BCUT2D eigenvalue weighted by Crippen LogP contribution is -2.34. The summed E-state index contributed by atoms with van der Waals surface area (Å²) in [5, 5.41) is 11.7. The van der Waals surface area contributed by atoms with Crippen molar-refractivity contribution < 1.29 is 14.3 Å². The van der Waals surface area contributed by atoms with Crippen LogP contribution in [0.3, 0.4) is 0 Å². The molecule has 94 valence electrons. The van der Waals surface area contributed by atoms with Gasteiger partial charge in [0.1, 0.15) is 5.82 Å². The molecule has 1 aromatic rings. The van der Waals surface area contributed by atoms with Gasteiger partial charge in [-0.2, -0.15) is 0 Å². The van der Waals surface area contributed by atoms with Gasteiger partial charge in [0.05, 0.1) is 17.7 Å². The summed E-state index contributed by atoms with van der Waals surface area (Å²) in [4.78, 5) is 11.5. The number of carbonyl (C=O) groups excluding carboxylic acids is 1. The molecule has 5 heteroatoms. The molecule has 2 N–H and O–H groups in total. The second-order valence-electron chi connectivity index (χ2n) is 4.04. The SMILES string of the molecule is CC(C)C(=O)N[C@@H](CO)c1cccc(Cl)c1F. The van der Waals surface area contributed by atoms with Crippen LogP contribution in [0.25, 0.3) is 0 Å². The van der Waals surface area contributed by atoms with Gasteiger partial charge in [0.2, 0.25) is 5.91 Å². The minimum atomic E-state index is -0.774. The minimum absolute atomic E-state index is 0.0280. The minimum Gasteiger partial charge on any atom is -0.394 e. The van der Waals surface area contributed by atoms with Gasteiger partial charge in [0, 0.05) is 11.5 Å². The molecule has 0 saturated heterocycles. The fraction of sp³-hybridized carbons (Fsp3) is 0.417. The van der Waals surface area contributed by atoms with Crippen molar-refractivity contribution >= 4 is 17.5 Å². The maximum Gasteiger partial charge on any atom is 0.223 e. The van der Waals surface area contributed by atoms with Crippen LogP contribution in [0.5, 0.6) is 0 Å². The largest absolute Gasteiger partial charge is 0.394 e. The van der Waals surface area contributed by atoms with E-state index in [9.17, 15) is 14.3 Å². The zero-order valence-electron chi connectivity index (χ0n) is 9.71. The van der Waals surface area contributed by atoms with E-state index in [1.165, 1.54) is 12.1 Å². The van der Waals surface area contributed by atoms with Crippen molar-refractivity contribution in [3.05, 3.63) is 34.6 Å². The van der Waals surface area contributed by atoms with Gasteiger partial charge in [-0.3, -0.25) is 4.79 Å². The predicted octanol–water partition coefficient (Wildman–Crippen LogP) is 2.28. The average Bonchev–Trinajstić information content (AvgIpc) is 2.29. The second kappa shape index (κ2) is 5.98. The van der Waals surface area contributed by atoms with Gasteiger partial charge in [-0.15, -0.1) is 0 Å². The Morgan fingerprint density at radius 1 is 1.53 bits per heavy atom. The molecule has 1 atom stereocenters. The predicted molar refractivity (Wildman–Crippen MR) is 64.2 cm³/mol. The first-order chi connectivity index (χ1) is 7.97. The van der Waals surface area contributed by atoms with E-state index in [0.717, 1.165) is 0 Å². The molecule has 3 nitrogen and oxygen atoms in total. The van der Waals surface area contributed by atoms with Gasteiger partial charge in [-0.1, -0.05) is 37.6 Å². The molecule has 0 aliphatic heterocycles. The van der Waals surface area contributed by atoms with E-state index in [-0.39, 0.29) is 29.0 Å². The van der Waals surface area contributed by atoms with Crippen LogP contribution in [-0.2, 0) is 4.79 Å². The first-order valence-electron chi connectivity index (χ1n) is 5.32. The maximum atomic E-state index is 13.7. The van der Waals surface area contributed by atoms with Crippen LogP contribution >= 0.6 is 11.6 Å². The molecule has 1 amide bonds. The molecule has 0 aliphatic carbocycles. The lowest BCUT2D eigenvalue weighted by atomic mass is 10.1. The second-order valence-corrected chi connectivity index (χ2v) is 4.45. The third-order valence-electron chi connectivity index (χ3n) is 2.38. The Morgan fingerprint density at radius 2 is 2.18 bits per heavy atom. The highest BCUT2D eigenvalue weighted by atomic mass is 35.5. The molecule has 0 heterocycles. The normalized spacial score (nSPS) is 12.6. The van der Waals surface area contributed by atoms with Gasteiger partial charge in [0.15, 0.2) is 0 Å². The number of halogens is 2. The highest BCUT2D eigenvalue weighted by molar-refractivity contribution is 6.30. The third-order valence-corrected chi connectivity index (χ3v) is 2.67. The van der Waals surface area contributed by atoms with E-state index in [0.29, 0.717) is 0 Å². The molecular weight excluding hydrogens is 245 g/mol. The number of hydrogen-bond donors (Lipinski definition) is 2. The lowest BCUT2D eigenvalue weighted by molar-refractivity contribution is -0.125. The van der Waals surface area contributed by atoms with Crippen LogP contribution in [0, 0.1) is 11.7 Å². The Kier molecular flexibility index (Phi) is 4.90. The van der Waals surface area contributed by atoms with Crippen molar-refractivity contribution in [2.24, 2.45) is 5.92 Å². The molecule has 0 saturated carbocycles. The van der Waals surface area contributed by atoms with Crippen molar-refractivity contribution in [3.8, 4) is 0 Å². The van der Waals surface area contributed by atoms with Gasteiger partial charge in [-0.05, 0) is 6.07 Å². The molecule has 17 heavy (non-hydrogen) atoms.